The molecule has 1 saturated heterocycles. The monoisotopic (exact) mass is 342 g/mol. The van der Waals surface area contributed by atoms with Crippen LogP contribution in [0.25, 0.3) is 0 Å². The van der Waals surface area contributed by atoms with Crippen LogP contribution in [0.5, 0.6) is 0 Å². The predicted octanol–water partition coefficient (Wildman–Crippen LogP) is 3.50. The fourth-order valence-corrected chi connectivity index (χ4v) is 2.58. The normalized spacial score (nSPS) is 16.5. The lowest BCUT2D eigenvalue weighted by Gasteiger charge is -2.11. The van der Waals surface area contributed by atoms with E-state index in [1.807, 2.05) is 0 Å². The van der Waals surface area contributed by atoms with Crippen LogP contribution in [-0.2, 0) is 9.53 Å². The van der Waals surface area contributed by atoms with Gasteiger partial charge in [0.15, 0.2) is 0 Å². The first kappa shape index (κ1) is 17.1. The van der Waals surface area contributed by atoms with Crippen molar-refractivity contribution in [3.63, 3.8) is 0 Å². The Kier molecular flexibility index (Phi) is 5.09. The molecule has 0 radical (unpaired) electrons. The molecule has 2 N–H and O–H groups in total. The third kappa shape index (κ3) is 4.22. The van der Waals surface area contributed by atoms with Crippen molar-refractivity contribution in [1.82, 2.24) is 0 Å². The molecule has 2 aromatic carbocycles. The Labute approximate surface area is 145 Å². The molecule has 25 heavy (non-hydrogen) atoms. The van der Waals surface area contributed by atoms with E-state index in [4.69, 9.17) is 4.74 Å². The van der Waals surface area contributed by atoms with Crippen molar-refractivity contribution in [1.29, 1.82) is 0 Å². The van der Waals surface area contributed by atoms with Gasteiger partial charge < -0.3 is 15.4 Å². The van der Waals surface area contributed by atoms with Crippen molar-refractivity contribution in [3.05, 3.63) is 59.4 Å². The molecule has 0 bridgehead atoms. The largest absolute Gasteiger partial charge is 0.368 e. The van der Waals surface area contributed by atoms with Gasteiger partial charge in [-0.2, -0.15) is 0 Å². The molecule has 1 fully saturated rings. The first-order valence-electron chi connectivity index (χ1n) is 8.13. The molecule has 2 aromatic rings. The molecule has 1 heterocycles. The summed E-state index contributed by atoms with van der Waals surface area (Å²) in [7, 11) is 0. The van der Waals surface area contributed by atoms with Crippen molar-refractivity contribution in [2.24, 2.45) is 0 Å². The van der Waals surface area contributed by atoms with E-state index in [1.165, 1.54) is 6.07 Å². The number of hydrogen-bond donors (Lipinski definition) is 2. The van der Waals surface area contributed by atoms with Gasteiger partial charge in [-0.1, -0.05) is 6.07 Å². The molecule has 5 nitrogen and oxygen atoms in total. The molecule has 0 saturated carbocycles. The first-order valence-corrected chi connectivity index (χ1v) is 8.13. The van der Waals surface area contributed by atoms with Crippen LogP contribution in [0, 0.1) is 12.7 Å². The molecule has 130 valence electrons. The molecule has 1 aliphatic rings. The maximum Gasteiger partial charge on any atom is 0.255 e. The molecule has 0 aliphatic carbocycles. The van der Waals surface area contributed by atoms with Gasteiger partial charge in [-0.05, 0) is 61.7 Å². The van der Waals surface area contributed by atoms with Gasteiger partial charge in [-0.25, -0.2) is 4.39 Å². The lowest BCUT2D eigenvalue weighted by Crippen LogP contribution is -2.26. The molecule has 0 spiro atoms. The van der Waals surface area contributed by atoms with Crippen molar-refractivity contribution >= 4 is 23.2 Å². The quantitative estimate of drug-likeness (QED) is 0.893. The summed E-state index contributed by atoms with van der Waals surface area (Å²) in [6.45, 7) is 2.25. The van der Waals surface area contributed by atoms with E-state index in [9.17, 15) is 14.0 Å². The standard InChI is InChI=1S/C19H19FN2O3/c1-12-4-5-13(11-16(12)20)18(23)21-14-6-8-15(9-7-14)22-19(24)17-3-2-10-25-17/h4-9,11,17H,2-3,10H2,1H3,(H,21,23)(H,22,24). The Morgan fingerprint density at radius 1 is 1.08 bits per heavy atom. The molecular weight excluding hydrogens is 323 g/mol. The average molecular weight is 342 g/mol. The minimum atomic E-state index is -0.417. The number of ether oxygens (including phenoxy) is 1. The summed E-state index contributed by atoms with van der Waals surface area (Å²) in [5.74, 6) is -0.973. The number of amides is 2. The number of carbonyl (C=O) groups excluding carboxylic acids is 2. The van der Waals surface area contributed by atoms with Crippen LogP contribution in [0.15, 0.2) is 42.5 Å². The lowest BCUT2D eigenvalue weighted by atomic mass is 10.1. The van der Waals surface area contributed by atoms with E-state index in [0.717, 1.165) is 12.8 Å². The number of nitrogens with one attached hydrogen (secondary N) is 2. The van der Waals surface area contributed by atoms with Gasteiger partial charge in [0.1, 0.15) is 11.9 Å². The zero-order valence-electron chi connectivity index (χ0n) is 13.8. The fraction of sp³-hybridized carbons (Fsp3) is 0.263. The average Bonchev–Trinajstić information content (AvgIpc) is 3.14. The van der Waals surface area contributed by atoms with Crippen molar-refractivity contribution in [2.75, 3.05) is 17.2 Å². The Morgan fingerprint density at radius 2 is 1.76 bits per heavy atom. The predicted molar refractivity (Wildman–Crippen MR) is 93.1 cm³/mol. The topological polar surface area (TPSA) is 67.4 Å². The van der Waals surface area contributed by atoms with Gasteiger partial charge in [-0.15, -0.1) is 0 Å². The second-order valence-corrected chi connectivity index (χ2v) is 5.99. The highest BCUT2D eigenvalue weighted by Gasteiger charge is 2.23. The minimum Gasteiger partial charge on any atom is -0.368 e. The second kappa shape index (κ2) is 7.44. The molecule has 1 atom stereocenters. The Balaban J connectivity index is 1.61. The maximum absolute atomic E-state index is 13.6. The fourth-order valence-electron chi connectivity index (χ4n) is 2.58. The van der Waals surface area contributed by atoms with E-state index < -0.39 is 17.8 Å². The van der Waals surface area contributed by atoms with Crippen LogP contribution in [-0.4, -0.2) is 24.5 Å². The van der Waals surface area contributed by atoms with Crippen molar-refractivity contribution in [2.45, 2.75) is 25.9 Å². The number of hydrogen-bond acceptors (Lipinski definition) is 3. The first-order chi connectivity index (χ1) is 12.0. The van der Waals surface area contributed by atoms with Gasteiger partial charge in [0.2, 0.25) is 0 Å². The molecule has 2 amide bonds. The van der Waals surface area contributed by atoms with Crippen molar-refractivity contribution in [3.8, 4) is 0 Å². The number of anilines is 2. The van der Waals surface area contributed by atoms with Crippen LogP contribution in [0.2, 0.25) is 0 Å². The molecule has 3 rings (SSSR count). The van der Waals surface area contributed by atoms with Gasteiger partial charge >= 0.3 is 0 Å². The highest BCUT2D eigenvalue weighted by Crippen LogP contribution is 2.18. The van der Waals surface area contributed by atoms with E-state index >= 15 is 0 Å². The third-order valence-corrected chi connectivity index (χ3v) is 4.07. The lowest BCUT2D eigenvalue weighted by molar-refractivity contribution is -0.124. The number of aryl methyl sites for hydroxylation is 1. The summed E-state index contributed by atoms with van der Waals surface area (Å²) in [6.07, 6.45) is 1.23. The van der Waals surface area contributed by atoms with Gasteiger partial charge in [0.25, 0.3) is 11.8 Å². The molecule has 6 heteroatoms. The summed E-state index contributed by atoms with van der Waals surface area (Å²) >= 11 is 0. The number of halogens is 1. The highest BCUT2D eigenvalue weighted by atomic mass is 19.1. The van der Waals surface area contributed by atoms with Crippen LogP contribution in [0.4, 0.5) is 15.8 Å². The zero-order valence-corrected chi connectivity index (χ0v) is 13.8. The zero-order chi connectivity index (χ0) is 17.8. The molecular formula is C19H19FN2O3. The molecule has 0 aromatic heterocycles. The van der Waals surface area contributed by atoms with Crippen molar-refractivity contribution < 1.29 is 18.7 Å². The summed E-state index contributed by atoms with van der Waals surface area (Å²) in [4.78, 5) is 24.1. The van der Waals surface area contributed by atoms with E-state index in [0.29, 0.717) is 23.5 Å². The van der Waals surface area contributed by atoms with Crippen LogP contribution >= 0.6 is 0 Å². The van der Waals surface area contributed by atoms with Gasteiger partial charge in [0, 0.05) is 23.5 Å². The Hall–Kier alpha value is -2.73. The number of carbonyl (C=O) groups is 2. The number of rotatable bonds is 4. The minimum absolute atomic E-state index is 0.163. The number of benzene rings is 2. The van der Waals surface area contributed by atoms with Crippen LogP contribution < -0.4 is 10.6 Å². The van der Waals surface area contributed by atoms with Gasteiger partial charge in [0.05, 0.1) is 0 Å². The maximum atomic E-state index is 13.6. The summed E-state index contributed by atoms with van der Waals surface area (Å²) < 4.78 is 18.9. The third-order valence-electron chi connectivity index (χ3n) is 4.07. The summed E-state index contributed by atoms with van der Waals surface area (Å²) in [5.41, 5.74) is 1.92. The summed E-state index contributed by atoms with van der Waals surface area (Å²) in [6, 6.07) is 11.1. The smallest absolute Gasteiger partial charge is 0.255 e. The van der Waals surface area contributed by atoms with E-state index in [1.54, 1.807) is 43.3 Å². The van der Waals surface area contributed by atoms with E-state index in [2.05, 4.69) is 10.6 Å². The molecule has 1 unspecified atom stereocenters. The SMILES string of the molecule is Cc1ccc(C(=O)Nc2ccc(NC(=O)C3CCCO3)cc2)cc1F. The molecule has 1 aliphatic heterocycles. The summed E-state index contributed by atoms with van der Waals surface area (Å²) in [5, 5.41) is 5.48. The van der Waals surface area contributed by atoms with Crippen LogP contribution in [0.3, 0.4) is 0 Å². The van der Waals surface area contributed by atoms with Gasteiger partial charge in [-0.3, -0.25) is 9.59 Å². The second-order valence-electron chi connectivity index (χ2n) is 5.99. The Morgan fingerprint density at radius 3 is 2.36 bits per heavy atom. The Bertz CT molecular complexity index is 784. The van der Waals surface area contributed by atoms with E-state index in [-0.39, 0.29) is 11.5 Å². The highest BCUT2D eigenvalue weighted by molar-refractivity contribution is 6.04. The van der Waals surface area contributed by atoms with Crippen LogP contribution in [0.1, 0.15) is 28.8 Å².